The number of esters is 1. The van der Waals surface area contributed by atoms with Gasteiger partial charge in [-0.05, 0) is 51.1 Å². The van der Waals surface area contributed by atoms with E-state index in [1.807, 2.05) is 13.8 Å². The summed E-state index contributed by atoms with van der Waals surface area (Å²) in [5.41, 5.74) is 0.411. The van der Waals surface area contributed by atoms with Gasteiger partial charge in [0.15, 0.2) is 6.61 Å². The summed E-state index contributed by atoms with van der Waals surface area (Å²) in [5, 5.41) is 2.50. The Kier molecular flexibility index (Phi) is 6.87. The van der Waals surface area contributed by atoms with Gasteiger partial charge in [-0.25, -0.2) is 13.6 Å². The van der Waals surface area contributed by atoms with Crippen LogP contribution in [0.4, 0.5) is 8.78 Å². The van der Waals surface area contributed by atoms with Gasteiger partial charge in [0.25, 0.3) is 5.91 Å². The lowest BCUT2D eigenvalue weighted by atomic mass is 10.1. The van der Waals surface area contributed by atoms with Gasteiger partial charge in [-0.3, -0.25) is 4.79 Å². The number of hydrogen-bond acceptors (Lipinski definition) is 4. The average molecular weight is 377 g/mol. The molecule has 0 heterocycles. The first-order chi connectivity index (χ1) is 12.8. The van der Waals surface area contributed by atoms with E-state index in [2.05, 4.69) is 5.32 Å². The standard InChI is InChI=1S/C20H21F2NO4/c1-12(2)27-16-7-4-14(5-8-16)20(25)26-11-19(24)23-13(3)17-9-6-15(21)10-18(17)22/h4-10,12-13H,11H2,1-3H3,(H,23,24)/t13-/m0/s1. The molecule has 0 aromatic heterocycles. The highest BCUT2D eigenvalue weighted by molar-refractivity contribution is 5.91. The summed E-state index contributed by atoms with van der Waals surface area (Å²) >= 11 is 0. The minimum atomic E-state index is -0.761. The van der Waals surface area contributed by atoms with E-state index in [1.165, 1.54) is 18.2 Å². The first kappa shape index (κ1) is 20.4. The van der Waals surface area contributed by atoms with Crippen LogP contribution in [0.5, 0.6) is 5.75 Å². The van der Waals surface area contributed by atoms with E-state index >= 15 is 0 Å². The fourth-order valence-electron chi connectivity index (χ4n) is 2.37. The van der Waals surface area contributed by atoms with Crippen LogP contribution in [0, 0.1) is 11.6 Å². The number of amides is 1. The minimum Gasteiger partial charge on any atom is -0.491 e. The smallest absolute Gasteiger partial charge is 0.338 e. The molecule has 1 atom stereocenters. The fourth-order valence-corrected chi connectivity index (χ4v) is 2.37. The number of halogens is 2. The monoisotopic (exact) mass is 377 g/mol. The van der Waals surface area contributed by atoms with Gasteiger partial charge in [-0.1, -0.05) is 6.07 Å². The Labute approximate surface area is 156 Å². The van der Waals surface area contributed by atoms with Crippen LogP contribution in [0.1, 0.15) is 42.7 Å². The molecular formula is C20H21F2NO4. The van der Waals surface area contributed by atoms with Crippen LogP contribution >= 0.6 is 0 Å². The maximum Gasteiger partial charge on any atom is 0.338 e. The molecule has 0 aliphatic heterocycles. The van der Waals surface area contributed by atoms with Crippen molar-refractivity contribution in [1.82, 2.24) is 5.32 Å². The highest BCUT2D eigenvalue weighted by atomic mass is 19.1. The van der Waals surface area contributed by atoms with E-state index in [1.54, 1.807) is 19.1 Å². The zero-order valence-electron chi connectivity index (χ0n) is 15.3. The molecule has 0 fully saturated rings. The quantitative estimate of drug-likeness (QED) is 0.746. The summed E-state index contributed by atoms with van der Waals surface area (Å²) in [7, 11) is 0. The van der Waals surface area contributed by atoms with Crippen molar-refractivity contribution >= 4 is 11.9 Å². The molecule has 0 bridgehead atoms. The number of benzene rings is 2. The van der Waals surface area contributed by atoms with Crippen molar-refractivity contribution in [1.29, 1.82) is 0 Å². The van der Waals surface area contributed by atoms with Crippen molar-refractivity contribution in [3.8, 4) is 5.75 Å². The third-order valence-electron chi connectivity index (χ3n) is 3.60. The van der Waals surface area contributed by atoms with Gasteiger partial charge in [0.1, 0.15) is 17.4 Å². The maximum absolute atomic E-state index is 13.7. The Morgan fingerprint density at radius 1 is 1.04 bits per heavy atom. The van der Waals surface area contributed by atoms with Crippen molar-refractivity contribution in [2.24, 2.45) is 0 Å². The molecule has 2 rings (SSSR count). The molecule has 0 aliphatic rings. The van der Waals surface area contributed by atoms with Gasteiger partial charge in [-0.2, -0.15) is 0 Å². The van der Waals surface area contributed by atoms with Gasteiger partial charge >= 0.3 is 5.97 Å². The Balaban J connectivity index is 1.86. The van der Waals surface area contributed by atoms with Gasteiger partial charge in [0.05, 0.1) is 17.7 Å². The number of nitrogens with one attached hydrogen (secondary N) is 1. The molecule has 0 radical (unpaired) electrons. The lowest BCUT2D eigenvalue weighted by molar-refractivity contribution is -0.124. The number of rotatable bonds is 7. The van der Waals surface area contributed by atoms with Gasteiger partial charge in [0.2, 0.25) is 0 Å². The molecule has 1 N–H and O–H groups in total. The van der Waals surface area contributed by atoms with E-state index in [4.69, 9.17) is 9.47 Å². The number of carbonyl (C=O) groups is 2. The van der Waals surface area contributed by atoms with Gasteiger partial charge < -0.3 is 14.8 Å². The molecule has 2 aromatic rings. The maximum atomic E-state index is 13.7. The Hall–Kier alpha value is -2.96. The Morgan fingerprint density at radius 2 is 1.70 bits per heavy atom. The van der Waals surface area contributed by atoms with Gasteiger partial charge in [0, 0.05) is 11.6 Å². The van der Waals surface area contributed by atoms with Crippen molar-refractivity contribution in [3.05, 3.63) is 65.2 Å². The summed E-state index contributed by atoms with van der Waals surface area (Å²) in [6.45, 7) is 4.80. The summed E-state index contributed by atoms with van der Waals surface area (Å²) in [4.78, 5) is 23.9. The normalized spacial score (nSPS) is 11.8. The van der Waals surface area contributed by atoms with Crippen LogP contribution in [0.15, 0.2) is 42.5 Å². The predicted molar refractivity (Wildman–Crippen MR) is 95.4 cm³/mol. The molecule has 7 heteroatoms. The average Bonchev–Trinajstić information content (AvgIpc) is 2.59. The molecule has 2 aromatic carbocycles. The van der Waals surface area contributed by atoms with E-state index in [-0.39, 0.29) is 17.2 Å². The minimum absolute atomic E-state index is 0.0134. The third-order valence-corrected chi connectivity index (χ3v) is 3.60. The highest BCUT2D eigenvalue weighted by Crippen LogP contribution is 2.18. The molecule has 0 aliphatic carbocycles. The van der Waals surface area contributed by atoms with Crippen molar-refractivity contribution < 1.29 is 27.8 Å². The van der Waals surface area contributed by atoms with E-state index in [0.29, 0.717) is 5.75 Å². The number of carbonyl (C=O) groups excluding carboxylic acids is 2. The van der Waals surface area contributed by atoms with Crippen molar-refractivity contribution in [2.45, 2.75) is 32.9 Å². The molecule has 0 saturated heterocycles. The summed E-state index contributed by atoms with van der Waals surface area (Å²) in [6, 6.07) is 8.74. The van der Waals surface area contributed by atoms with Crippen LogP contribution in [0.3, 0.4) is 0 Å². The van der Waals surface area contributed by atoms with Crippen LogP contribution < -0.4 is 10.1 Å². The molecule has 144 valence electrons. The van der Waals surface area contributed by atoms with Crippen molar-refractivity contribution in [2.75, 3.05) is 6.61 Å². The number of ether oxygens (including phenoxy) is 2. The first-order valence-corrected chi connectivity index (χ1v) is 8.44. The first-order valence-electron chi connectivity index (χ1n) is 8.44. The molecule has 0 unspecified atom stereocenters. The Morgan fingerprint density at radius 3 is 2.30 bits per heavy atom. The van der Waals surface area contributed by atoms with Crippen LogP contribution in [-0.4, -0.2) is 24.6 Å². The summed E-state index contributed by atoms with van der Waals surface area (Å²) < 4.78 is 37.1. The number of hydrogen-bond donors (Lipinski definition) is 1. The van der Waals surface area contributed by atoms with E-state index in [9.17, 15) is 18.4 Å². The molecule has 1 amide bonds. The molecule has 0 saturated carbocycles. The van der Waals surface area contributed by atoms with E-state index < -0.39 is 36.2 Å². The van der Waals surface area contributed by atoms with Gasteiger partial charge in [-0.15, -0.1) is 0 Å². The van der Waals surface area contributed by atoms with Crippen LogP contribution in [0.25, 0.3) is 0 Å². The van der Waals surface area contributed by atoms with Crippen LogP contribution in [-0.2, 0) is 9.53 Å². The summed E-state index contributed by atoms with van der Waals surface area (Å²) in [6.07, 6.45) is 0.0134. The molecule has 27 heavy (non-hydrogen) atoms. The third kappa shape index (κ3) is 6.06. The largest absolute Gasteiger partial charge is 0.491 e. The topological polar surface area (TPSA) is 64.6 Å². The van der Waals surface area contributed by atoms with Crippen LogP contribution in [0.2, 0.25) is 0 Å². The zero-order valence-corrected chi connectivity index (χ0v) is 15.3. The Bertz CT molecular complexity index is 806. The lowest BCUT2D eigenvalue weighted by Gasteiger charge is -2.15. The van der Waals surface area contributed by atoms with Crippen molar-refractivity contribution in [3.63, 3.8) is 0 Å². The second-order valence-electron chi connectivity index (χ2n) is 6.22. The second-order valence-corrected chi connectivity index (χ2v) is 6.22. The highest BCUT2D eigenvalue weighted by Gasteiger charge is 2.16. The lowest BCUT2D eigenvalue weighted by Crippen LogP contribution is -2.31. The molecule has 5 nitrogen and oxygen atoms in total. The molecular weight excluding hydrogens is 356 g/mol. The predicted octanol–water partition coefficient (Wildman–Crippen LogP) is 3.79. The molecule has 0 spiro atoms. The van der Waals surface area contributed by atoms with E-state index in [0.717, 1.165) is 12.1 Å². The fraction of sp³-hybridized carbons (Fsp3) is 0.300. The summed E-state index contributed by atoms with van der Waals surface area (Å²) in [5.74, 6) is -2.10. The SMILES string of the molecule is CC(C)Oc1ccc(C(=O)OCC(=O)N[C@@H](C)c2ccc(F)cc2F)cc1. The second kappa shape index (κ2) is 9.12. The zero-order chi connectivity index (χ0) is 20.0.